The topological polar surface area (TPSA) is 85.4 Å². The number of aromatic nitrogens is 4. The van der Waals surface area contributed by atoms with Crippen LogP contribution in [-0.4, -0.2) is 54.3 Å². The van der Waals surface area contributed by atoms with Crippen LogP contribution in [0.1, 0.15) is 39.6 Å². The first-order chi connectivity index (χ1) is 19.0. The first kappa shape index (κ1) is 24.3. The largest absolute Gasteiger partial charge is 0.478 e. The number of rotatable bonds is 7. The molecule has 0 amide bonds. The van der Waals surface area contributed by atoms with Crippen LogP contribution in [0.4, 0.5) is 0 Å². The molecule has 0 radical (unpaired) electrons. The fraction of sp³-hybridized carbons (Fsp3) is 0.300. The van der Waals surface area contributed by atoms with Crippen molar-refractivity contribution in [3.05, 3.63) is 94.0 Å². The summed E-state index contributed by atoms with van der Waals surface area (Å²) >= 11 is 6.08. The summed E-state index contributed by atoms with van der Waals surface area (Å²) in [5.41, 5.74) is 6.57. The van der Waals surface area contributed by atoms with Gasteiger partial charge in [-0.2, -0.15) is 0 Å². The first-order valence-corrected chi connectivity index (χ1v) is 13.7. The molecule has 4 heterocycles. The van der Waals surface area contributed by atoms with Gasteiger partial charge in [0.05, 0.1) is 53.4 Å². The van der Waals surface area contributed by atoms with Gasteiger partial charge in [-0.3, -0.25) is 4.90 Å². The predicted molar refractivity (Wildman–Crippen MR) is 149 cm³/mol. The number of benzene rings is 3. The highest BCUT2D eigenvalue weighted by Gasteiger charge is 2.26. The van der Waals surface area contributed by atoms with Crippen LogP contribution in [-0.2, 0) is 37.3 Å². The molecule has 1 saturated heterocycles. The third kappa shape index (κ3) is 4.58. The van der Waals surface area contributed by atoms with Crippen molar-refractivity contribution in [1.82, 2.24) is 24.0 Å². The fourth-order valence-electron chi connectivity index (χ4n) is 5.71. The fourth-order valence-corrected chi connectivity index (χ4v) is 5.83. The van der Waals surface area contributed by atoms with Crippen molar-refractivity contribution >= 4 is 39.6 Å². The van der Waals surface area contributed by atoms with Gasteiger partial charge in [-0.25, -0.2) is 14.8 Å². The van der Waals surface area contributed by atoms with E-state index in [0.717, 1.165) is 72.3 Å². The summed E-state index contributed by atoms with van der Waals surface area (Å²) in [6.07, 6.45) is 1.95. The molecule has 1 fully saturated rings. The molecule has 5 aromatic rings. The lowest BCUT2D eigenvalue weighted by molar-refractivity contribution is -0.0592. The number of carbonyl (C=O) groups is 1. The number of carboxylic acids is 1. The molecular weight excluding hydrogens is 514 g/mol. The second kappa shape index (κ2) is 9.79. The van der Waals surface area contributed by atoms with Crippen LogP contribution in [0.5, 0.6) is 0 Å². The number of halogens is 1. The van der Waals surface area contributed by atoms with E-state index in [2.05, 4.69) is 44.4 Å². The average molecular weight is 542 g/mol. The lowest BCUT2D eigenvalue weighted by Gasteiger charge is -2.30. The average Bonchev–Trinajstić information content (AvgIpc) is 3.45. The summed E-state index contributed by atoms with van der Waals surface area (Å²) in [6.45, 7) is 4.56. The molecule has 7 rings (SSSR count). The Morgan fingerprint density at radius 2 is 1.90 bits per heavy atom. The maximum absolute atomic E-state index is 11.6. The maximum Gasteiger partial charge on any atom is 0.335 e. The normalized spacial score (nSPS) is 17.4. The molecule has 198 valence electrons. The third-order valence-electron chi connectivity index (χ3n) is 7.87. The highest BCUT2D eigenvalue weighted by atomic mass is 35.5. The Bertz CT molecular complexity index is 1700. The molecule has 2 aliphatic rings. The van der Waals surface area contributed by atoms with Crippen LogP contribution >= 0.6 is 11.6 Å². The Labute approximate surface area is 230 Å². The van der Waals surface area contributed by atoms with Gasteiger partial charge >= 0.3 is 5.97 Å². The number of carboxylic acid groups (broad SMARTS) is 1. The molecule has 0 unspecified atom stereocenters. The Balaban J connectivity index is 1.17. The third-order valence-corrected chi connectivity index (χ3v) is 8.13. The van der Waals surface area contributed by atoms with E-state index in [9.17, 15) is 9.90 Å². The van der Waals surface area contributed by atoms with Crippen molar-refractivity contribution in [1.29, 1.82) is 0 Å². The van der Waals surface area contributed by atoms with Gasteiger partial charge < -0.3 is 19.0 Å². The standard InChI is InChI=1S/C30H28ClN5O3/c31-22-7-4-19(5-8-22)14-20-2-1-3-25-29(20)33-28-18-34(11-12-35(25)28)17-27-32-24-9-6-21(30(37)38)15-26(24)36(27)16-23-10-13-39-23/h1-9,15,23H,10-14,16-18H2,(H,37,38)/t23-/m0/s1. The van der Waals surface area contributed by atoms with E-state index in [1.54, 1.807) is 18.2 Å². The van der Waals surface area contributed by atoms with Gasteiger partial charge in [0.2, 0.25) is 0 Å². The smallest absolute Gasteiger partial charge is 0.335 e. The SMILES string of the molecule is O=C(O)c1ccc2nc(CN3CCn4c(nc5c(Cc6ccc(Cl)cc6)cccc54)C3)n(C[C@@H]3CCO3)c2c1. The van der Waals surface area contributed by atoms with E-state index in [1.165, 1.54) is 16.6 Å². The summed E-state index contributed by atoms with van der Waals surface area (Å²) < 4.78 is 10.2. The monoisotopic (exact) mass is 541 g/mol. The van der Waals surface area contributed by atoms with Crippen LogP contribution in [0.25, 0.3) is 22.1 Å². The van der Waals surface area contributed by atoms with Crippen molar-refractivity contribution in [2.24, 2.45) is 0 Å². The lowest BCUT2D eigenvalue weighted by Crippen LogP contribution is -2.35. The molecule has 2 aliphatic heterocycles. The number of hydrogen-bond acceptors (Lipinski definition) is 5. The molecule has 9 heteroatoms. The predicted octanol–water partition coefficient (Wildman–Crippen LogP) is 5.13. The van der Waals surface area contributed by atoms with Gasteiger partial charge in [-0.05, 0) is 60.4 Å². The van der Waals surface area contributed by atoms with Crippen LogP contribution in [0.2, 0.25) is 5.02 Å². The molecule has 8 nitrogen and oxygen atoms in total. The molecule has 0 saturated carbocycles. The summed E-state index contributed by atoms with van der Waals surface area (Å²) in [7, 11) is 0. The number of ether oxygens (including phenoxy) is 1. The molecule has 3 aromatic carbocycles. The van der Waals surface area contributed by atoms with E-state index in [-0.39, 0.29) is 11.7 Å². The van der Waals surface area contributed by atoms with E-state index in [0.29, 0.717) is 13.1 Å². The number of imidazole rings is 2. The lowest BCUT2D eigenvalue weighted by atomic mass is 10.0. The van der Waals surface area contributed by atoms with Crippen LogP contribution < -0.4 is 0 Å². The highest BCUT2D eigenvalue weighted by Crippen LogP contribution is 2.28. The first-order valence-electron chi connectivity index (χ1n) is 13.3. The summed E-state index contributed by atoms with van der Waals surface area (Å²) in [5, 5.41) is 10.3. The van der Waals surface area contributed by atoms with Gasteiger partial charge in [0.25, 0.3) is 0 Å². The molecule has 0 aliphatic carbocycles. The van der Waals surface area contributed by atoms with Crippen molar-refractivity contribution in [3.8, 4) is 0 Å². The zero-order chi connectivity index (χ0) is 26.5. The Hall–Kier alpha value is -3.72. The van der Waals surface area contributed by atoms with Crippen LogP contribution in [0.15, 0.2) is 60.7 Å². The number of hydrogen-bond donors (Lipinski definition) is 1. The number of para-hydroxylation sites is 1. The quantitative estimate of drug-likeness (QED) is 0.307. The van der Waals surface area contributed by atoms with Gasteiger partial charge in [0, 0.05) is 24.7 Å². The highest BCUT2D eigenvalue weighted by molar-refractivity contribution is 6.30. The molecule has 1 N–H and O–H groups in total. The van der Waals surface area contributed by atoms with E-state index >= 15 is 0 Å². The number of aromatic carboxylic acids is 1. The zero-order valence-electron chi connectivity index (χ0n) is 21.4. The van der Waals surface area contributed by atoms with Crippen LogP contribution in [0.3, 0.4) is 0 Å². The minimum atomic E-state index is -0.934. The molecule has 1 atom stereocenters. The van der Waals surface area contributed by atoms with Crippen LogP contribution in [0, 0.1) is 0 Å². The minimum absolute atomic E-state index is 0.138. The second-order valence-corrected chi connectivity index (χ2v) is 10.8. The van der Waals surface area contributed by atoms with Crippen molar-refractivity contribution in [2.45, 2.75) is 45.1 Å². The molecule has 39 heavy (non-hydrogen) atoms. The Morgan fingerprint density at radius 1 is 1.05 bits per heavy atom. The maximum atomic E-state index is 11.6. The van der Waals surface area contributed by atoms with Gasteiger partial charge in [-0.1, -0.05) is 35.9 Å². The molecule has 2 aromatic heterocycles. The summed E-state index contributed by atoms with van der Waals surface area (Å²) in [6, 6.07) is 19.6. The van der Waals surface area contributed by atoms with Gasteiger partial charge in [-0.15, -0.1) is 0 Å². The van der Waals surface area contributed by atoms with Gasteiger partial charge in [0.15, 0.2) is 0 Å². The molecule has 0 spiro atoms. The Kier molecular flexibility index (Phi) is 6.11. The summed E-state index contributed by atoms with van der Waals surface area (Å²) in [5.74, 6) is 1.05. The van der Waals surface area contributed by atoms with Crippen molar-refractivity contribution in [2.75, 3.05) is 13.2 Å². The van der Waals surface area contributed by atoms with Crippen molar-refractivity contribution in [3.63, 3.8) is 0 Å². The Morgan fingerprint density at radius 3 is 2.67 bits per heavy atom. The number of fused-ring (bicyclic) bond motifs is 4. The van der Waals surface area contributed by atoms with Crippen molar-refractivity contribution < 1.29 is 14.6 Å². The zero-order valence-corrected chi connectivity index (χ0v) is 22.1. The minimum Gasteiger partial charge on any atom is -0.478 e. The second-order valence-electron chi connectivity index (χ2n) is 10.4. The van der Waals surface area contributed by atoms with E-state index < -0.39 is 5.97 Å². The molecular formula is C30H28ClN5O3. The molecule has 0 bridgehead atoms. The van der Waals surface area contributed by atoms with Gasteiger partial charge in [0.1, 0.15) is 11.6 Å². The summed E-state index contributed by atoms with van der Waals surface area (Å²) in [4.78, 5) is 24.0. The van der Waals surface area contributed by atoms with E-state index in [4.69, 9.17) is 26.3 Å². The van der Waals surface area contributed by atoms with E-state index in [1.807, 2.05) is 12.1 Å². The number of nitrogens with zero attached hydrogens (tertiary/aromatic N) is 5.